The molecule has 0 atom stereocenters. The first-order valence-corrected chi connectivity index (χ1v) is 5.10. The molecule has 1 rings (SSSR count). The Morgan fingerprint density at radius 3 is 2.75 bits per heavy atom. The Kier molecular flexibility index (Phi) is 3.41. The van der Waals surface area contributed by atoms with Crippen LogP contribution < -0.4 is 0 Å². The van der Waals surface area contributed by atoms with Gasteiger partial charge < -0.3 is 0 Å². The van der Waals surface area contributed by atoms with E-state index in [2.05, 4.69) is 0 Å². The van der Waals surface area contributed by atoms with Crippen LogP contribution in [0.5, 0.6) is 0 Å². The van der Waals surface area contributed by atoms with Gasteiger partial charge >= 0.3 is 0 Å². The van der Waals surface area contributed by atoms with Crippen LogP contribution in [0, 0.1) is 12.7 Å². The molecule has 0 aliphatic carbocycles. The van der Waals surface area contributed by atoms with Crippen molar-refractivity contribution >= 4 is 23.4 Å². The molecule has 0 aromatic heterocycles. The number of hydrogen-bond donors (Lipinski definition) is 0. The molecule has 0 nitrogen and oxygen atoms in total. The third-order valence-corrected chi connectivity index (χ3v) is 2.93. The lowest BCUT2D eigenvalue weighted by Gasteiger charge is -2.05. The maximum Gasteiger partial charge on any atom is 0.141 e. The van der Waals surface area contributed by atoms with Gasteiger partial charge in [-0.25, -0.2) is 4.39 Å². The van der Waals surface area contributed by atoms with Gasteiger partial charge in [0.25, 0.3) is 0 Å². The highest BCUT2D eigenvalue weighted by atomic mass is 35.5. The van der Waals surface area contributed by atoms with E-state index >= 15 is 0 Å². The molecule has 0 radical (unpaired) electrons. The molecule has 0 bridgehead atoms. The molecular weight excluding hydrogens is 195 g/mol. The smallest absolute Gasteiger partial charge is 0.141 e. The van der Waals surface area contributed by atoms with E-state index in [-0.39, 0.29) is 5.82 Å². The van der Waals surface area contributed by atoms with Crippen LogP contribution in [0.15, 0.2) is 17.0 Å². The quantitative estimate of drug-likeness (QED) is 0.659. The fourth-order valence-electron chi connectivity index (χ4n) is 0.908. The number of halogens is 2. The van der Waals surface area contributed by atoms with Gasteiger partial charge in [-0.3, -0.25) is 0 Å². The summed E-state index contributed by atoms with van der Waals surface area (Å²) in [6.07, 6.45) is 0. The summed E-state index contributed by atoms with van der Waals surface area (Å²) in [5, 5.41) is 0.505. The highest BCUT2D eigenvalue weighted by Crippen LogP contribution is 2.31. The molecule has 0 unspecified atom stereocenters. The van der Waals surface area contributed by atoms with E-state index in [9.17, 15) is 4.39 Å². The van der Waals surface area contributed by atoms with Crippen molar-refractivity contribution in [1.82, 2.24) is 0 Å². The fourth-order valence-corrected chi connectivity index (χ4v) is 2.00. The molecule has 0 aliphatic heterocycles. The zero-order chi connectivity index (χ0) is 9.14. The zero-order valence-electron chi connectivity index (χ0n) is 7.03. The van der Waals surface area contributed by atoms with Gasteiger partial charge in [-0.15, -0.1) is 11.8 Å². The van der Waals surface area contributed by atoms with Crippen molar-refractivity contribution in [2.75, 3.05) is 5.75 Å². The normalized spacial score (nSPS) is 10.3. The number of aryl methyl sites for hydroxylation is 1. The third kappa shape index (κ3) is 1.93. The average Bonchev–Trinajstić information content (AvgIpc) is 2.06. The molecule has 0 saturated heterocycles. The van der Waals surface area contributed by atoms with Crippen LogP contribution in [0.1, 0.15) is 12.5 Å². The second kappa shape index (κ2) is 4.15. The summed E-state index contributed by atoms with van der Waals surface area (Å²) in [7, 11) is 0. The van der Waals surface area contributed by atoms with Crippen LogP contribution in [-0.2, 0) is 0 Å². The van der Waals surface area contributed by atoms with Gasteiger partial charge in [-0.1, -0.05) is 24.6 Å². The molecule has 0 heterocycles. The molecule has 1 aromatic rings. The third-order valence-electron chi connectivity index (χ3n) is 1.53. The molecule has 0 spiro atoms. The second-order valence-corrected chi connectivity index (χ2v) is 4.12. The standard InChI is InChI=1S/C9H10ClFS/c1-3-12-9-7(10)5-4-6(2)8(9)11/h4-5H,3H2,1-2H3. The first-order chi connectivity index (χ1) is 5.66. The zero-order valence-corrected chi connectivity index (χ0v) is 8.60. The van der Waals surface area contributed by atoms with Crippen LogP contribution >= 0.6 is 23.4 Å². The van der Waals surface area contributed by atoms with E-state index in [1.165, 1.54) is 11.8 Å². The van der Waals surface area contributed by atoms with Gasteiger partial charge in [-0.2, -0.15) is 0 Å². The minimum atomic E-state index is -0.186. The largest absolute Gasteiger partial charge is 0.205 e. The monoisotopic (exact) mass is 204 g/mol. The summed E-state index contributed by atoms with van der Waals surface area (Å²) < 4.78 is 13.3. The topological polar surface area (TPSA) is 0 Å². The molecule has 3 heteroatoms. The Hall–Kier alpha value is -0.210. The second-order valence-electron chi connectivity index (χ2n) is 2.44. The summed E-state index contributed by atoms with van der Waals surface area (Å²) in [6.45, 7) is 3.72. The highest BCUT2D eigenvalue weighted by Gasteiger charge is 2.08. The number of rotatable bonds is 2. The van der Waals surface area contributed by atoms with Crippen molar-refractivity contribution in [2.45, 2.75) is 18.7 Å². The fraction of sp³-hybridized carbons (Fsp3) is 0.333. The van der Waals surface area contributed by atoms with Crippen molar-refractivity contribution in [2.24, 2.45) is 0 Å². The lowest BCUT2D eigenvalue weighted by atomic mass is 10.2. The van der Waals surface area contributed by atoms with E-state index in [1.807, 2.05) is 6.92 Å². The molecular formula is C9H10ClFS. The Balaban J connectivity index is 3.14. The molecule has 0 amide bonds. The number of thioether (sulfide) groups is 1. The molecule has 0 N–H and O–H groups in total. The van der Waals surface area contributed by atoms with Gasteiger partial charge in [0.1, 0.15) is 5.82 Å². The van der Waals surface area contributed by atoms with Gasteiger partial charge in [0.2, 0.25) is 0 Å². The summed E-state index contributed by atoms with van der Waals surface area (Å²) in [5.41, 5.74) is 0.648. The minimum Gasteiger partial charge on any atom is -0.205 e. The van der Waals surface area contributed by atoms with Crippen LogP contribution in [-0.4, -0.2) is 5.75 Å². The van der Waals surface area contributed by atoms with Crippen molar-refractivity contribution in [3.05, 3.63) is 28.5 Å². The van der Waals surface area contributed by atoms with Crippen molar-refractivity contribution in [3.63, 3.8) is 0 Å². The first kappa shape index (κ1) is 9.87. The van der Waals surface area contributed by atoms with Gasteiger partial charge in [0.05, 0.1) is 9.92 Å². The SMILES string of the molecule is CCSc1c(Cl)ccc(C)c1F. The Morgan fingerprint density at radius 1 is 1.50 bits per heavy atom. The van der Waals surface area contributed by atoms with Crippen molar-refractivity contribution in [3.8, 4) is 0 Å². The molecule has 0 aliphatic rings. The van der Waals surface area contributed by atoms with Gasteiger partial charge in [-0.05, 0) is 24.3 Å². The van der Waals surface area contributed by atoms with Crippen LogP contribution in [0.3, 0.4) is 0 Å². The average molecular weight is 205 g/mol. The van der Waals surface area contributed by atoms with E-state index < -0.39 is 0 Å². The molecule has 66 valence electrons. The Labute approximate surface area is 81.1 Å². The lowest BCUT2D eigenvalue weighted by Crippen LogP contribution is -1.87. The van der Waals surface area contributed by atoms with Crippen LogP contribution in [0.4, 0.5) is 4.39 Å². The van der Waals surface area contributed by atoms with Crippen molar-refractivity contribution in [1.29, 1.82) is 0 Å². The van der Waals surface area contributed by atoms with E-state index in [1.54, 1.807) is 19.1 Å². The summed E-state index contributed by atoms with van der Waals surface area (Å²) >= 11 is 7.26. The van der Waals surface area contributed by atoms with E-state index in [0.29, 0.717) is 15.5 Å². The molecule has 0 saturated carbocycles. The predicted octanol–water partition coefficient (Wildman–Crippen LogP) is 3.90. The molecule has 12 heavy (non-hydrogen) atoms. The Morgan fingerprint density at radius 2 is 2.17 bits per heavy atom. The lowest BCUT2D eigenvalue weighted by molar-refractivity contribution is 0.593. The first-order valence-electron chi connectivity index (χ1n) is 3.74. The molecule has 1 aromatic carbocycles. The summed E-state index contributed by atoms with van der Waals surface area (Å²) in [5.74, 6) is 0.648. The van der Waals surface area contributed by atoms with E-state index in [0.717, 1.165) is 5.75 Å². The van der Waals surface area contributed by atoms with Crippen molar-refractivity contribution < 1.29 is 4.39 Å². The number of hydrogen-bond acceptors (Lipinski definition) is 1. The minimum absolute atomic E-state index is 0.186. The van der Waals surface area contributed by atoms with Gasteiger partial charge in [0, 0.05) is 0 Å². The van der Waals surface area contributed by atoms with Crippen LogP contribution in [0.25, 0.3) is 0 Å². The predicted molar refractivity (Wildman–Crippen MR) is 52.5 cm³/mol. The van der Waals surface area contributed by atoms with Crippen LogP contribution in [0.2, 0.25) is 5.02 Å². The summed E-state index contributed by atoms with van der Waals surface area (Å²) in [6, 6.07) is 3.43. The molecule has 0 fully saturated rings. The summed E-state index contributed by atoms with van der Waals surface area (Å²) in [4.78, 5) is 0.569. The highest BCUT2D eigenvalue weighted by molar-refractivity contribution is 7.99. The maximum absolute atomic E-state index is 13.3. The maximum atomic E-state index is 13.3. The van der Waals surface area contributed by atoms with Gasteiger partial charge in [0.15, 0.2) is 0 Å². The Bertz CT molecular complexity index is 286. The van der Waals surface area contributed by atoms with E-state index in [4.69, 9.17) is 11.6 Å². The number of benzene rings is 1.